The van der Waals surface area contributed by atoms with Gasteiger partial charge in [0.2, 0.25) is 11.1 Å². The van der Waals surface area contributed by atoms with Crippen LogP contribution < -0.4 is 5.32 Å². The lowest BCUT2D eigenvalue weighted by Gasteiger charge is -2.11. The first-order valence-electron chi connectivity index (χ1n) is 10.0. The Balaban J connectivity index is 1.46. The summed E-state index contributed by atoms with van der Waals surface area (Å²) >= 11 is 1.23. The highest BCUT2D eigenvalue weighted by atomic mass is 32.2. The molecule has 0 aliphatic rings. The number of thioether (sulfide) groups is 1. The van der Waals surface area contributed by atoms with Gasteiger partial charge in [0.15, 0.2) is 5.82 Å². The summed E-state index contributed by atoms with van der Waals surface area (Å²) in [6.45, 7) is 6.24. The lowest BCUT2D eigenvalue weighted by Crippen LogP contribution is -2.18. The van der Waals surface area contributed by atoms with Gasteiger partial charge in [-0.15, -0.1) is 5.10 Å². The maximum atomic E-state index is 12.7. The molecule has 4 rings (SSSR count). The molecule has 0 unspecified atom stereocenters. The Labute approximate surface area is 189 Å². The number of aromatic nitrogens is 4. The topological polar surface area (TPSA) is 113 Å². The number of rotatable bonds is 7. The zero-order valence-electron chi connectivity index (χ0n) is 18.0. The minimum absolute atomic E-state index is 0.111. The molecule has 162 valence electrons. The van der Waals surface area contributed by atoms with E-state index in [2.05, 4.69) is 26.6 Å². The van der Waals surface area contributed by atoms with Gasteiger partial charge in [0.1, 0.15) is 17.6 Å². The van der Waals surface area contributed by atoms with Crippen LogP contribution in [0.1, 0.15) is 28.1 Å². The second-order valence-corrected chi connectivity index (χ2v) is 8.32. The Bertz CT molecular complexity index is 1280. The highest BCUT2D eigenvalue weighted by molar-refractivity contribution is 7.99. The fourth-order valence-corrected chi connectivity index (χ4v) is 3.93. The molecule has 0 spiro atoms. The van der Waals surface area contributed by atoms with Crippen LogP contribution in [0.2, 0.25) is 0 Å². The van der Waals surface area contributed by atoms with Crippen LogP contribution in [0.15, 0.2) is 52.2 Å². The highest BCUT2D eigenvalue weighted by Gasteiger charge is 2.20. The van der Waals surface area contributed by atoms with E-state index in [4.69, 9.17) is 4.42 Å². The normalized spacial score (nSPS) is 10.8. The summed E-state index contributed by atoms with van der Waals surface area (Å²) < 4.78 is 7.33. The van der Waals surface area contributed by atoms with E-state index < -0.39 is 0 Å². The molecule has 0 bridgehead atoms. The summed E-state index contributed by atoms with van der Waals surface area (Å²) in [5, 5.41) is 20.1. The fraction of sp³-hybridized carbons (Fsp3) is 0.217. The molecule has 2 N–H and O–H groups in total. The molecule has 0 aliphatic heterocycles. The van der Waals surface area contributed by atoms with Gasteiger partial charge in [0, 0.05) is 11.3 Å². The van der Waals surface area contributed by atoms with Crippen molar-refractivity contribution in [2.45, 2.75) is 32.5 Å². The SMILES string of the molecule is Cc1ccc(-c2nc(SCC(=O)Nc3c(C#N)c(C)c(C)n3Cc3ccco3)n[nH]2)cc1. The highest BCUT2D eigenvalue weighted by Crippen LogP contribution is 2.28. The number of amides is 1. The molecule has 3 heterocycles. The lowest BCUT2D eigenvalue weighted by atomic mass is 10.1. The van der Waals surface area contributed by atoms with Gasteiger partial charge in [-0.3, -0.25) is 9.89 Å². The van der Waals surface area contributed by atoms with Gasteiger partial charge < -0.3 is 14.3 Å². The van der Waals surface area contributed by atoms with Crippen molar-refractivity contribution in [3.05, 3.63) is 70.8 Å². The number of carbonyl (C=O) groups excluding carboxylic acids is 1. The molecule has 0 saturated heterocycles. The first-order chi connectivity index (χ1) is 15.5. The van der Waals surface area contributed by atoms with E-state index in [1.54, 1.807) is 6.26 Å². The smallest absolute Gasteiger partial charge is 0.235 e. The number of furan rings is 1. The van der Waals surface area contributed by atoms with E-state index in [1.165, 1.54) is 17.3 Å². The molecule has 0 radical (unpaired) electrons. The van der Waals surface area contributed by atoms with Crippen molar-refractivity contribution in [3.8, 4) is 17.5 Å². The molecule has 4 aromatic rings. The van der Waals surface area contributed by atoms with Crippen LogP contribution in [0.5, 0.6) is 0 Å². The molecule has 1 aromatic carbocycles. The van der Waals surface area contributed by atoms with Crippen LogP contribution in [0, 0.1) is 32.1 Å². The molecule has 0 aliphatic carbocycles. The Morgan fingerprint density at radius 1 is 1.25 bits per heavy atom. The summed E-state index contributed by atoms with van der Waals surface area (Å²) in [5.74, 6) is 1.73. The summed E-state index contributed by atoms with van der Waals surface area (Å²) in [7, 11) is 0. The Morgan fingerprint density at radius 3 is 2.72 bits per heavy atom. The number of nitrogens with one attached hydrogen (secondary N) is 2. The van der Waals surface area contributed by atoms with Gasteiger partial charge in [-0.05, 0) is 38.5 Å². The quantitative estimate of drug-likeness (QED) is 0.406. The molecule has 9 heteroatoms. The number of H-pyrrole nitrogens is 1. The summed E-state index contributed by atoms with van der Waals surface area (Å²) in [4.78, 5) is 17.2. The van der Waals surface area contributed by atoms with Gasteiger partial charge in [0.05, 0.1) is 24.1 Å². The maximum absolute atomic E-state index is 12.7. The fourth-order valence-electron chi connectivity index (χ4n) is 3.34. The number of hydrogen-bond acceptors (Lipinski definition) is 6. The minimum atomic E-state index is -0.244. The van der Waals surface area contributed by atoms with E-state index in [1.807, 2.05) is 61.7 Å². The number of carbonyl (C=O) groups is 1. The third-order valence-corrected chi connectivity index (χ3v) is 6.06. The van der Waals surface area contributed by atoms with Crippen LogP contribution in [-0.2, 0) is 11.3 Å². The molecule has 0 saturated carbocycles. The van der Waals surface area contributed by atoms with Crippen molar-refractivity contribution in [1.29, 1.82) is 5.26 Å². The van der Waals surface area contributed by atoms with Crippen LogP contribution in [0.25, 0.3) is 11.4 Å². The zero-order chi connectivity index (χ0) is 22.7. The average molecular weight is 447 g/mol. The van der Waals surface area contributed by atoms with Gasteiger partial charge in [-0.25, -0.2) is 4.98 Å². The van der Waals surface area contributed by atoms with Crippen LogP contribution in [-0.4, -0.2) is 31.4 Å². The summed E-state index contributed by atoms with van der Waals surface area (Å²) in [6.07, 6.45) is 1.60. The molecule has 32 heavy (non-hydrogen) atoms. The zero-order valence-corrected chi connectivity index (χ0v) is 18.8. The monoisotopic (exact) mass is 446 g/mol. The second kappa shape index (κ2) is 9.16. The third-order valence-electron chi connectivity index (χ3n) is 5.22. The molecule has 3 aromatic heterocycles. The Kier molecular flexibility index (Phi) is 6.14. The molecule has 1 amide bonds. The first-order valence-corrected chi connectivity index (χ1v) is 11.0. The molecule has 0 fully saturated rings. The molecular weight excluding hydrogens is 424 g/mol. The average Bonchev–Trinajstić information content (AvgIpc) is 3.51. The number of aryl methyl sites for hydroxylation is 1. The number of benzene rings is 1. The van der Waals surface area contributed by atoms with Crippen molar-refractivity contribution in [2.24, 2.45) is 0 Å². The Morgan fingerprint density at radius 2 is 2.03 bits per heavy atom. The number of nitriles is 1. The van der Waals surface area contributed by atoms with Crippen molar-refractivity contribution in [1.82, 2.24) is 19.7 Å². The van der Waals surface area contributed by atoms with E-state index in [0.717, 1.165) is 22.6 Å². The van der Waals surface area contributed by atoms with Crippen LogP contribution in [0.3, 0.4) is 0 Å². The van der Waals surface area contributed by atoms with Crippen LogP contribution >= 0.6 is 11.8 Å². The number of hydrogen-bond donors (Lipinski definition) is 2. The van der Waals surface area contributed by atoms with Gasteiger partial charge in [-0.2, -0.15) is 5.26 Å². The Hall–Kier alpha value is -3.77. The first kappa shape index (κ1) is 21.5. The van der Waals surface area contributed by atoms with Crippen molar-refractivity contribution < 1.29 is 9.21 Å². The number of nitrogens with zero attached hydrogens (tertiary/aromatic N) is 4. The van der Waals surface area contributed by atoms with Gasteiger partial charge in [0.25, 0.3) is 0 Å². The molecular formula is C23H22N6O2S. The van der Waals surface area contributed by atoms with E-state index in [9.17, 15) is 10.1 Å². The predicted octanol–water partition coefficient (Wildman–Crippen LogP) is 4.44. The van der Waals surface area contributed by atoms with Crippen LogP contribution in [0.4, 0.5) is 5.82 Å². The standard InChI is InChI=1S/C23H22N6O2S/c1-14-6-8-17(9-7-14)21-26-23(28-27-21)32-13-20(30)25-22-19(11-24)15(2)16(3)29(22)12-18-5-4-10-31-18/h4-10H,12-13H2,1-3H3,(H,25,30)(H,26,27,28). The predicted molar refractivity (Wildman–Crippen MR) is 122 cm³/mol. The van der Waals surface area contributed by atoms with E-state index >= 15 is 0 Å². The van der Waals surface area contributed by atoms with E-state index in [0.29, 0.717) is 28.9 Å². The largest absolute Gasteiger partial charge is 0.467 e. The number of anilines is 1. The maximum Gasteiger partial charge on any atom is 0.235 e. The second-order valence-electron chi connectivity index (χ2n) is 7.38. The van der Waals surface area contributed by atoms with E-state index in [-0.39, 0.29) is 11.7 Å². The summed E-state index contributed by atoms with van der Waals surface area (Å²) in [6, 6.07) is 13.8. The van der Waals surface area contributed by atoms with Crippen molar-refractivity contribution in [2.75, 3.05) is 11.1 Å². The van der Waals surface area contributed by atoms with Crippen molar-refractivity contribution in [3.63, 3.8) is 0 Å². The third kappa shape index (κ3) is 4.45. The van der Waals surface area contributed by atoms with Gasteiger partial charge >= 0.3 is 0 Å². The van der Waals surface area contributed by atoms with Gasteiger partial charge in [-0.1, -0.05) is 41.6 Å². The molecule has 0 atom stereocenters. The lowest BCUT2D eigenvalue weighted by molar-refractivity contribution is -0.113. The number of aromatic amines is 1. The van der Waals surface area contributed by atoms with Crippen molar-refractivity contribution >= 4 is 23.5 Å². The molecule has 8 nitrogen and oxygen atoms in total. The summed E-state index contributed by atoms with van der Waals surface area (Å²) in [5.41, 5.74) is 4.28. The minimum Gasteiger partial charge on any atom is -0.467 e.